The number of pyridine rings is 2. The molecule has 118 valence electrons. The van der Waals surface area contributed by atoms with Crippen molar-refractivity contribution in [3.8, 4) is 11.3 Å². The summed E-state index contributed by atoms with van der Waals surface area (Å²) >= 11 is 0. The first-order chi connectivity index (χ1) is 11.6. The Bertz CT molecular complexity index is 1090. The third-order valence-corrected chi connectivity index (χ3v) is 4.83. The second-order valence-corrected chi connectivity index (χ2v) is 6.60. The molecule has 2 heterocycles. The quantitative estimate of drug-likeness (QED) is 0.364. The van der Waals surface area contributed by atoms with Gasteiger partial charge in [-0.05, 0) is 37.3 Å². The maximum Gasteiger partial charge on any atom is 0.214 e. The number of aromatic nitrogens is 2. The highest BCUT2D eigenvalue weighted by atomic mass is 14.9. The zero-order chi connectivity index (χ0) is 16.8. The summed E-state index contributed by atoms with van der Waals surface area (Å²) in [5.74, 6) is 0. The molecule has 0 aliphatic carbocycles. The lowest BCUT2D eigenvalue weighted by Gasteiger charge is -2.12. The lowest BCUT2D eigenvalue weighted by Crippen LogP contribution is -2.30. The molecule has 0 fully saturated rings. The monoisotopic (exact) mass is 313 g/mol. The first-order valence-electron chi connectivity index (χ1n) is 8.31. The molecule has 0 unspecified atom stereocenters. The molecule has 2 aromatic heterocycles. The zero-order valence-electron chi connectivity index (χ0n) is 14.6. The summed E-state index contributed by atoms with van der Waals surface area (Å²) in [5.41, 5.74) is 7.13. The van der Waals surface area contributed by atoms with Crippen molar-refractivity contribution < 1.29 is 4.57 Å². The minimum atomic E-state index is 1.08. The van der Waals surface area contributed by atoms with Gasteiger partial charge >= 0.3 is 0 Å². The molecule has 4 aromatic rings. The molecule has 0 aliphatic heterocycles. The minimum Gasteiger partial charge on any atom is -0.252 e. The zero-order valence-corrected chi connectivity index (χ0v) is 14.6. The van der Waals surface area contributed by atoms with Crippen LogP contribution in [-0.2, 0) is 7.05 Å². The topological polar surface area (TPSA) is 16.8 Å². The smallest absolute Gasteiger partial charge is 0.214 e. The Hall–Kier alpha value is -2.74. The molecule has 4 rings (SSSR count). The first kappa shape index (κ1) is 14.8. The summed E-state index contributed by atoms with van der Waals surface area (Å²) < 4.78 is 2.18. The second-order valence-electron chi connectivity index (χ2n) is 6.60. The number of nitrogens with zero attached hydrogens (tertiary/aromatic N) is 2. The van der Waals surface area contributed by atoms with Gasteiger partial charge in [0, 0.05) is 28.6 Å². The molecule has 0 spiro atoms. The van der Waals surface area contributed by atoms with E-state index >= 15 is 0 Å². The van der Waals surface area contributed by atoms with Crippen molar-refractivity contribution in [1.29, 1.82) is 0 Å². The van der Waals surface area contributed by atoms with E-state index < -0.39 is 0 Å². The standard InChI is InChI=1S/C22H21N2/c1-14-11-12-24(4)20(13-14)21-15(2)9-10-19-18-8-6-5-7-17(18)16(3)23-22(19)21/h5-13H,1-4H3/q+1. The van der Waals surface area contributed by atoms with Crippen LogP contribution in [0.25, 0.3) is 32.9 Å². The summed E-state index contributed by atoms with van der Waals surface area (Å²) in [6.07, 6.45) is 2.12. The van der Waals surface area contributed by atoms with E-state index in [-0.39, 0.29) is 0 Å². The molecule has 24 heavy (non-hydrogen) atoms. The molecule has 0 N–H and O–H groups in total. The molecule has 0 bridgehead atoms. The van der Waals surface area contributed by atoms with E-state index in [9.17, 15) is 0 Å². The van der Waals surface area contributed by atoms with Gasteiger partial charge in [0.2, 0.25) is 5.69 Å². The van der Waals surface area contributed by atoms with E-state index in [1.165, 1.54) is 38.5 Å². The van der Waals surface area contributed by atoms with Crippen LogP contribution in [0.15, 0.2) is 54.7 Å². The van der Waals surface area contributed by atoms with Crippen LogP contribution in [0, 0.1) is 20.8 Å². The van der Waals surface area contributed by atoms with Crippen LogP contribution < -0.4 is 4.57 Å². The van der Waals surface area contributed by atoms with E-state index in [0.29, 0.717) is 0 Å². The summed E-state index contributed by atoms with van der Waals surface area (Å²) in [6, 6.07) is 17.3. The minimum absolute atomic E-state index is 1.08. The van der Waals surface area contributed by atoms with Gasteiger partial charge in [0.15, 0.2) is 6.20 Å². The van der Waals surface area contributed by atoms with Crippen LogP contribution >= 0.6 is 0 Å². The number of benzene rings is 2. The van der Waals surface area contributed by atoms with Gasteiger partial charge < -0.3 is 0 Å². The van der Waals surface area contributed by atoms with E-state index in [4.69, 9.17) is 4.98 Å². The largest absolute Gasteiger partial charge is 0.252 e. The van der Waals surface area contributed by atoms with Gasteiger partial charge in [-0.25, -0.2) is 4.57 Å². The van der Waals surface area contributed by atoms with Crippen LogP contribution in [0.2, 0.25) is 0 Å². The Morgan fingerprint density at radius 1 is 0.833 bits per heavy atom. The fourth-order valence-corrected chi connectivity index (χ4v) is 3.53. The Morgan fingerprint density at radius 2 is 1.58 bits per heavy atom. The lowest BCUT2D eigenvalue weighted by molar-refractivity contribution is -0.660. The summed E-state index contributed by atoms with van der Waals surface area (Å²) in [4.78, 5) is 5.00. The molecule has 2 aromatic carbocycles. The van der Waals surface area contributed by atoms with Gasteiger partial charge in [0.1, 0.15) is 7.05 Å². The van der Waals surface area contributed by atoms with Crippen molar-refractivity contribution in [2.24, 2.45) is 7.05 Å². The number of rotatable bonds is 1. The highest BCUT2D eigenvalue weighted by Gasteiger charge is 2.18. The maximum absolute atomic E-state index is 5.00. The van der Waals surface area contributed by atoms with Crippen LogP contribution in [0.5, 0.6) is 0 Å². The highest BCUT2D eigenvalue weighted by Crippen LogP contribution is 2.34. The summed E-state index contributed by atoms with van der Waals surface area (Å²) in [5, 5.41) is 3.73. The predicted octanol–water partition coefficient (Wildman–Crippen LogP) is 4.80. The van der Waals surface area contributed by atoms with E-state index in [1.807, 2.05) is 0 Å². The average molecular weight is 313 g/mol. The second kappa shape index (κ2) is 5.41. The summed E-state index contributed by atoms with van der Waals surface area (Å²) in [6.45, 7) is 6.41. The third-order valence-electron chi connectivity index (χ3n) is 4.83. The van der Waals surface area contributed by atoms with Crippen molar-refractivity contribution in [1.82, 2.24) is 4.98 Å². The molecule has 0 amide bonds. The molecule has 2 heteroatoms. The fourth-order valence-electron chi connectivity index (χ4n) is 3.53. The van der Waals surface area contributed by atoms with Crippen molar-refractivity contribution in [3.05, 3.63) is 71.5 Å². The normalized spacial score (nSPS) is 11.3. The Morgan fingerprint density at radius 3 is 2.38 bits per heavy atom. The number of aryl methyl sites for hydroxylation is 4. The van der Waals surface area contributed by atoms with Crippen LogP contribution in [-0.4, -0.2) is 4.98 Å². The Balaban J connectivity index is 2.20. The van der Waals surface area contributed by atoms with Crippen molar-refractivity contribution in [2.45, 2.75) is 20.8 Å². The molecule has 2 nitrogen and oxygen atoms in total. The average Bonchev–Trinajstić information content (AvgIpc) is 2.58. The molecular formula is C22H21N2+. The molecule has 0 saturated heterocycles. The highest BCUT2D eigenvalue weighted by molar-refractivity contribution is 6.10. The fraction of sp³-hybridized carbons (Fsp3) is 0.182. The molecular weight excluding hydrogens is 292 g/mol. The maximum atomic E-state index is 5.00. The Labute approximate surface area is 142 Å². The molecule has 0 saturated carbocycles. The number of hydrogen-bond acceptors (Lipinski definition) is 1. The SMILES string of the molecule is Cc1cc[n+](C)c(-c2c(C)ccc3c2nc(C)c2ccccc23)c1. The van der Waals surface area contributed by atoms with E-state index in [0.717, 1.165) is 11.2 Å². The van der Waals surface area contributed by atoms with Gasteiger partial charge in [-0.3, -0.25) is 4.98 Å². The predicted molar refractivity (Wildman–Crippen MR) is 100 cm³/mol. The number of hydrogen-bond donors (Lipinski definition) is 0. The van der Waals surface area contributed by atoms with Gasteiger partial charge in [-0.2, -0.15) is 0 Å². The van der Waals surface area contributed by atoms with E-state index in [1.54, 1.807) is 0 Å². The van der Waals surface area contributed by atoms with Gasteiger partial charge in [0.05, 0.1) is 11.1 Å². The molecule has 0 radical (unpaired) electrons. The summed E-state index contributed by atoms with van der Waals surface area (Å²) in [7, 11) is 2.10. The van der Waals surface area contributed by atoms with Crippen LogP contribution in [0.3, 0.4) is 0 Å². The van der Waals surface area contributed by atoms with Gasteiger partial charge in [0.25, 0.3) is 0 Å². The van der Waals surface area contributed by atoms with E-state index in [2.05, 4.69) is 87.1 Å². The van der Waals surface area contributed by atoms with Crippen molar-refractivity contribution in [3.63, 3.8) is 0 Å². The first-order valence-corrected chi connectivity index (χ1v) is 8.31. The molecule has 0 aliphatic rings. The van der Waals surface area contributed by atoms with Gasteiger partial charge in [-0.1, -0.05) is 36.4 Å². The van der Waals surface area contributed by atoms with Crippen LogP contribution in [0.4, 0.5) is 0 Å². The van der Waals surface area contributed by atoms with Gasteiger partial charge in [-0.15, -0.1) is 0 Å². The van der Waals surface area contributed by atoms with Crippen LogP contribution in [0.1, 0.15) is 16.8 Å². The Kier molecular flexibility index (Phi) is 3.34. The molecule has 0 atom stereocenters. The lowest BCUT2D eigenvalue weighted by atomic mass is 9.96. The third kappa shape index (κ3) is 2.18. The van der Waals surface area contributed by atoms with Crippen molar-refractivity contribution in [2.75, 3.05) is 0 Å². The van der Waals surface area contributed by atoms with Crippen molar-refractivity contribution >= 4 is 21.7 Å². The number of fused-ring (bicyclic) bond motifs is 3.